The van der Waals surface area contributed by atoms with E-state index in [0.717, 1.165) is 30.1 Å². The Morgan fingerprint density at radius 3 is 2.24 bits per heavy atom. The van der Waals surface area contributed by atoms with Crippen LogP contribution >= 0.6 is 0 Å². The molecule has 2 aliphatic carbocycles. The van der Waals surface area contributed by atoms with Crippen molar-refractivity contribution < 1.29 is 0 Å². The zero-order valence-corrected chi connectivity index (χ0v) is 11.5. The van der Waals surface area contributed by atoms with Gasteiger partial charge in [-0.1, -0.05) is 6.92 Å². The molecule has 2 atom stereocenters. The standard InChI is InChI=1S/C15H28N2/c1-11-3-5-13(6-4-11)16-14-9-12(2)17(10-14)15-7-8-15/h11-16H,3-10H2,1-2H3. The zero-order chi connectivity index (χ0) is 11.8. The van der Waals surface area contributed by atoms with E-state index >= 15 is 0 Å². The molecule has 0 spiro atoms. The summed E-state index contributed by atoms with van der Waals surface area (Å²) in [6.45, 7) is 6.14. The van der Waals surface area contributed by atoms with E-state index in [1.54, 1.807) is 0 Å². The second-order valence-corrected chi connectivity index (χ2v) is 6.83. The number of likely N-dealkylation sites (tertiary alicyclic amines) is 1. The van der Waals surface area contributed by atoms with E-state index in [0.29, 0.717) is 0 Å². The molecule has 17 heavy (non-hydrogen) atoms. The van der Waals surface area contributed by atoms with Crippen LogP contribution in [-0.2, 0) is 0 Å². The first-order chi connectivity index (χ1) is 8.22. The molecule has 1 N–H and O–H groups in total. The molecule has 1 heterocycles. The van der Waals surface area contributed by atoms with Gasteiger partial charge in [0, 0.05) is 30.7 Å². The lowest BCUT2D eigenvalue weighted by Gasteiger charge is -2.29. The van der Waals surface area contributed by atoms with Gasteiger partial charge in [-0.15, -0.1) is 0 Å². The van der Waals surface area contributed by atoms with E-state index in [9.17, 15) is 0 Å². The Hall–Kier alpha value is -0.0800. The molecule has 0 aromatic rings. The van der Waals surface area contributed by atoms with Crippen LogP contribution in [0.2, 0.25) is 0 Å². The fraction of sp³-hybridized carbons (Fsp3) is 1.00. The van der Waals surface area contributed by atoms with Gasteiger partial charge in [-0.2, -0.15) is 0 Å². The quantitative estimate of drug-likeness (QED) is 0.810. The third-order valence-corrected chi connectivity index (χ3v) is 5.13. The van der Waals surface area contributed by atoms with Gasteiger partial charge in [0.1, 0.15) is 0 Å². The minimum Gasteiger partial charge on any atom is -0.310 e. The van der Waals surface area contributed by atoms with E-state index in [-0.39, 0.29) is 0 Å². The van der Waals surface area contributed by atoms with Gasteiger partial charge in [-0.3, -0.25) is 4.90 Å². The molecule has 2 nitrogen and oxygen atoms in total. The maximum Gasteiger partial charge on any atom is 0.0212 e. The van der Waals surface area contributed by atoms with E-state index < -0.39 is 0 Å². The summed E-state index contributed by atoms with van der Waals surface area (Å²) in [6, 6.07) is 3.37. The highest BCUT2D eigenvalue weighted by atomic mass is 15.3. The Balaban J connectivity index is 1.46. The highest BCUT2D eigenvalue weighted by Crippen LogP contribution is 2.34. The Bertz CT molecular complexity index is 254. The molecule has 0 aromatic heterocycles. The molecule has 3 aliphatic rings. The molecule has 0 amide bonds. The van der Waals surface area contributed by atoms with Gasteiger partial charge in [0.15, 0.2) is 0 Å². The largest absolute Gasteiger partial charge is 0.310 e. The summed E-state index contributed by atoms with van der Waals surface area (Å²) in [7, 11) is 0. The first kappa shape index (κ1) is 12.0. The molecule has 3 fully saturated rings. The summed E-state index contributed by atoms with van der Waals surface area (Å²) in [5.74, 6) is 0.971. The lowest BCUT2D eigenvalue weighted by atomic mass is 9.87. The summed E-state index contributed by atoms with van der Waals surface area (Å²) in [5, 5.41) is 3.94. The van der Waals surface area contributed by atoms with Gasteiger partial charge in [-0.25, -0.2) is 0 Å². The van der Waals surface area contributed by atoms with Crippen LogP contribution < -0.4 is 5.32 Å². The number of hydrogen-bond acceptors (Lipinski definition) is 2. The predicted octanol–water partition coefficient (Wildman–Crippen LogP) is 2.78. The summed E-state index contributed by atoms with van der Waals surface area (Å²) >= 11 is 0. The first-order valence-corrected chi connectivity index (χ1v) is 7.74. The molecular formula is C15H28N2. The number of nitrogens with zero attached hydrogens (tertiary/aromatic N) is 1. The predicted molar refractivity (Wildman–Crippen MR) is 72.2 cm³/mol. The van der Waals surface area contributed by atoms with Gasteiger partial charge in [0.2, 0.25) is 0 Å². The van der Waals surface area contributed by atoms with E-state index in [2.05, 4.69) is 24.1 Å². The smallest absolute Gasteiger partial charge is 0.0212 e. The Morgan fingerprint density at radius 2 is 1.59 bits per heavy atom. The second kappa shape index (κ2) is 4.89. The maximum atomic E-state index is 3.94. The van der Waals surface area contributed by atoms with E-state index in [4.69, 9.17) is 0 Å². The van der Waals surface area contributed by atoms with Crippen molar-refractivity contribution in [3.63, 3.8) is 0 Å². The normalized spacial score (nSPS) is 44.1. The van der Waals surface area contributed by atoms with Gasteiger partial charge in [0.05, 0.1) is 0 Å². The fourth-order valence-electron chi connectivity index (χ4n) is 3.85. The van der Waals surface area contributed by atoms with E-state index in [1.807, 2.05) is 0 Å². The van der Waals surface area contributed by atoms with Crippen molar-refractivity contribution in [1.82, 2.24) is 10.2 Å². The molecule has 98 valence electrons. The van der Waals surface area contributed by atoms with Crippen LogP contribution in [0, 0.1) is 5.92 Å². The molecule has 0 bridgehead atoms. The monoisotopic (exact) mass is 236 g/mol. The van der Waals surface area contributed by atoms with Crippen LogP contribution in [0.15, 0.2) is 0 Å². The Kier molecular flexibility index (Phi) is 3.45. The van der Waals surface area contributed by atoms with Crippen LogP contribution in [0.5, 0.6) is 0 Å². The second-order valence-electron chi connectivity index (χ2n) is 6.83. The van der Waals surface area contributed by atoms with Crippen molar-refractivity contribution >= 4 is 0 Å². The number of rotatable bonds is 3. The van der Waals surface area contributed by atoms with Crippen molar-refractivity contribution in [2.45, 2.75) is 83.0 Å². The van der Waals surface area contributed by atoms with Gasteiger partial charge in [-0.05, 0) is 57.8 Å². The highest BCUT2D eigenvalue weighted by Gasteiger charge is 2.39. The van der Waals surface area contributed by atoms with Crippen molar-refractivity contribution in [1.29, 1.82) is 0 Å². The first-order valence-electron chi connectivity index (χ1n) is 7.74. The maximum absolute atomic E-state index is 3.94. The number of hydrogen-bond donors (Lipinski definition) is 1. The summed E-state index contributed by atoms with van der Waals surface area (Å²) in [6.07, 6.45) is 9.99. The minimum absolute atomic E-state index is 0.781. The fourth-order valence-corrected chi connectivity index (χ4v) is 3.85. The van der Waals surface area contributed by atoms with Crippen LogP contribution in [0.25, 0.3) is 0 Å². The lowest BCUT2D eigenvalue weighted by Crippen LogP contribution is -2.42. The molecule has 0 radical (unpaired) electrons. The van der Waals surface area contributed by atoms with Crippen LogP contribution in [0.4, 0.5) is 0 Å². The molecule has 2 unspecified atom stereocenters. The van der Waals surface area contributed by atoms with E-state index in [1.165, 1.54) is 51.5 Å². The third kappa shape index (κ3) is 2.85. The van der Waals surface area contributed by atoms with Gasteiger partial charge in [0.25, 0.3) is 0 Å². The molecule has 1 aliphatic heterocycles. The summed E-state index contributed by atoms with van der Waals surface area (Å²) in [4.78, 5) is 2.75. The SMILES string of the molecule is CC1CCC(NC2CC(C)N(C3CC3)C2)CC1. The molecule has 3 rings (SSSR count). The molecule has 2 saturated carbocycles. The molecule has 2 heteroatoms. The highest BCUT2D eigenvalue weighted by molar-refractivity contribution is 4.97. The topological polar surface area (TPSA) is 15.3 Å². The number of nitrogens with one attached hydrogen (secondary N) is 1. The van der Waals surface area contributed by atoms with Crippen LogP contribution in [-0.4, -0.2) is 35.6 Å². The lowest BCUT2D eigenvalue weighted by molar-refractivity contribution is 0.248. The van der Waals surface area contributed by atoms with Crippen LogP contribution in [0.1, 0.15) is 58.8 Å². The minimum atomic E-state index is 0.781. The van der Waals surface area contributed by atoms with Gasteiger partial charge >= 0.3 is 0 Å². The van der Waals surface area contributed by atoms with Crippen molar-refractivity contribution in [3.05, 3.63) is 0 Å². The van der Waals surface area contributed by atoms with Crippen molar-refractivity contribution in [2.75, 3.05) is 6.54 Å². The summed E-state index contributed by atoms with van der Waals surface area (Å²) in [5.41, 5.74) is 0. The van der Waals surface area contributed by atoms with Crippen molar-refractivity contribution in [2.24, 2.45) is 5.92 Å². The third-order valence-electron chi connectivity index (χ3n) is 5.13. The molecule has 1 saturated heterocycles. The van der Waals surface area contributed by atoms with Gasteiger partial charge < -0.3 is 5.32 Å². The summed E-state index contributed by atoms with van der Waals surface area (Å²) < 4.78 is 0. The Morgan fingerprint density at radius 1 is 0.882 bits per heavy atom. The van der Waals surface area contributed by atoms with Crippen LogP contribution in [0.3, 0.4) is 0 Å². The molecule has 0 aromatic carbocycles. The molecular weight excluding hydrogens is 208 g/mol. The van der Waals surface area contributed by atoms with Crippen molar-refractivity contribution in [3.8, 4) is 0 Å². The Labute approximate surface area is 106 Å². The average Bonchev–Trinajstić information content (AvgIpc) is 3.08. The average molecular weight is 236 g/mol. The zero-order valence-electron chi connectivity index (χ0n) is 11.5.